The Hall–Kier alpha value is -2.05. The molecule has 0 fully saturated rings. The van der Waals surface area contributed by atoms with E-state index in [1.54, 1.807) is 0 Å². The maximum atomic E-state index is 12.5. The molecule has 0 spiro atoms. The topological polar surface area (TPSA) is 101 Å². The monoisotopic (exact) mass is 282 g/mol. The van der Waals surface area contributed by atoms with Crippen LogP contribution in [0.3, 0.4) is 0 Å². The van der Waals surface area contributed by atoms with Crippen LogP contribution >= 0.6 is 0 Å². The zero-order chi connectivity index (χ0) is 15.4. The van der Waals surface area contributed by atoms with Crippen LogP contribution < -0.4 is 5.73 Å². The molecular formula is C13H22N4O3. The van der Waals surface area contributed by atoms with Gasteiger partial charge in [0.1, 0.15) is 6.54 Å². The van der Waals surface area contributed by atoms with E-state index in [0.717, 1.165) is 5.69 Å². The molecule has 0 aliphatic rings. The number of aromatic amines is 1. The highest BCUT2D eigenvalue weighted by molar-refractivity contribution is 5.99. The van der Waals surface area contributed by atoms with Gasteiger partial charge in [-0.3, -0.25) is 14.7 Å². The number of esters is 1. The van der Waals surface area contributed by atoms with Crippen LogP contribution in [0.1, 0.15) is 49.8 Å². The zero-order valence-electron chi connectivity index (χ0n) is 12.6. The van der Waals surface area contributed by atoms with E-state index in [4.69, 9.17) is 5.73 Å². The molecule has 1 heterocycles. The molecule has 112 valence electrons. The van der Waals surface area contributed by atoms with Crippen LogP contribution in [0.25, 0.3) is 0 Å². The van der Waals surface area contributed by atoms with Gasteiger partial charge in [0.25, 0.3) is 5.91 Å². The first-order valence-corrected chi connectivity index (χ1v) is 6.51. The van der Waals surface area contributed by atoms with E-state index in [9.17, 15) is 9.59 Å². The van der Waals surface area contributed by atoms with Gasteiger partial charge in [0.2, 0.25) is 0 Å². The number of nitrogens with zero attached hydrogens (tertiary/aromatic N) is 2. The number of ether oxygens (including phenoxy) is 1. The Kier molecular flexibility index (Phi) is 5.12. The lowest BCUT2D eigenvalue weighted by atomic mass is 10.1. The molecule has 0 radical (unpaired) electrons. The first-order chi connectivity index (χ1) is 9.29. The Morgan fingerprint density at radius 3 is 2.35 bits per heavy atom. The van der Waals surface area contributed by atoms with E-state index in [1.165, 1.54) is 12.0 Å². The quantitative estimate of drug-likeness (QED) is 0.788. The van der Waals surface area contributed by atoms with Gasteiger partial charge in [0.15, 0.2) is 5.69 Å². The Labute approximate surface area is 118 Å². The van der Waals surface area contributed by atoms with Crippen LogP contribution in [0.2, 0.25) is 0 Å². The molecule has 1 amide bonds. The number of hydrogen-bond donors (Lipinski definition) is 2. The number of carbonyl (C=O) groups excluding carboxylic acids is 2. The van der Waals surface area contributed by atoms with Crippen molar-refractivity contribution in [3.63, 3.8) is 0 Å². The van der Waals surface area contributed by atoms with Crippen molar-refractivity contribution in [2.24, 2.45) is 0 Å². The van der Waals surface area contributed by atoms with Gasteiger partial charge in [-0.1, -0.05) is 13.8 Å². The van der Waals surface area contributed by atoms with E-state index in [1.807, 2.05) is 27.7 Å². The van der Waals surface area contributed by atoms with Gasteiger partial charge in [-0.2, -0.15) is 5.10 Å². The molecular weight excluding hydrogens is 260 g/mol. The summed E-state index contributed by atoms with van der Waals surface area (Å²) in [5.74, 6) is -0.728. The van der Waals surface area contributed by atoms with Crippen LogP contribution in [-0.2, 0) is 9.53 Å². The number of aromatic nitrogens is 2. The Bertz CT molecular complexity index is 494. The minimum absolute atomic E-state index is 0.129. The second-order valence-corrected chi connectivity index (χ2v) is 5.16. The lowest BCUT2D eigenvalue weighted by Gasteiger charge is -2.24. The van der Waals surface area contributed by atoms with Crippen molar-refractivity contribution in [2.75, 3.05) is 19.4 Å². The van der Waals surface area contributed by atoms with Gasteiger partial charge in [0, 0.05) is 6.04 Å². The fraction of sp³-hybridized carbons (Fsp3) is 0.615. The number of anilines is 1. The van der Waals surface area contributed by atoms with Crippen LogP contribution in [0.4, 0.5) is 5.69 Å². The van der Waals surface area contributed by atoms with Crippen molar-refractivity contribution in [1.82, 2.24) is 15.1 Å². The second-order valence-electron chi connectivity index (χ2n) is 5.16. The fourth-order valence-corrected chi connectivity index (χ4v) is 1.80. The number of nitrogens with two attached hydrogens (primary N) is 1. The van der Waals surface area contributed by atoms with Crippen LogP contribution in [-0.4, -0.2) is 46.7 Å². The van der Waals surface area contributed by atoms with E-state index < -0.39 is 5.97 Å². The molecule has 0 atom stereocenters. The number of nitrogen functional groups attached to an aromatic ring is 1. The predicted octanol–water partition coefficient (Wildman–Crippen LogP) is 1.14. The highest BCUT2D eigenvalue weighted by atomic mass is 16.5. The predicted molar refractivity (Wildman–Crippen MR) is 75.3 cm³/mol. The molecule has 20 heavy (non-hydrogen) atoms. The summed E-state index contributed by atoms with van der Waals surface area (Å²) in [6.07, 6.45) is 0. The second kappa shape index (κ2) is 6.40. The molecule has 1 rings (SSSR count). The molecule has 1 aromatic rings. The van der Waals surface area contributed by atoms with Gasteiger partial charge >= 0.3 is 5.97 Å². The van der Waals surface area contributed by atoms with E-state index in [0.29, 0.717) is 5.69 Å². The molecule has 0 aliphatic heterocycles. The van der Waals surface area contributed by atoms with Crippen LogP contribution in [0.15, 0.2) is 0 Å². The van der Waals surface area contributed by atoms with E-state index in [-0.39, 0.29) is 30.1 Å². The molecule has 0 aromatic carbocycles. The molecule has 1 aromatic heterocycles. The zero-order valence-corrected chi connectivity index (χ0v) is 12.6. The van der Waals surface area contributed by atoms with E-state index in [2.05, 4.69) is 14.9 Å². The third-order valence-corrected chi connectivity index (χ3v) is 3.02. The summed E-state index contributed by atoms with van der Waals surface area (Å²) in [5, 5.41) is 6.76. The van der Waals surface area contributed by atoms with Crippen molar-refractivity contribution in [1.29, 1.82) is 0 Å². The van der Waals surface area contributed by atoms with Crippen molar-refractivity contribution >= 4 is 17.6 Å². The third-order valence-electron chi connectivity index (χ3n) is 3.02. The smallest absolute Gasteiger partial charge is 0.325 e. The van der Waals surface area contributed by atoms with Gasteiger partial charge in [0.05, 0.1) is 18.5 Å². The number of rotatable bonds is 5. The molecule has 7 nitrogen and oxygen atoms in total. The summed E-state index contributed by atoms with van der Waals surface area (Å²) in [6, 6.07) is -0.166. The lowest BCUT2D eigenvalue weighted by molar-refractivity contribution is -0.141. The Morgan fingerprint density at radius 1 is 1.35 bits per heavy atom. The average Bonchev–Trinajstić information content (AvgIpc) is 2.76. The van der Waals surface area contributed by atoms with Crippen molar-refractivity contribution in [2.45, 2.75) is 39.7 Å². The Balaban J connectivity index is 3.04. The van der Waals surface area contributed by atoms with Crippen molar-refractivity contribution in [3.8, 4) is 0 Å². The standard InChI is InChI=1S/C13H22N4O3/c1-7(2)11-10(14)12(16-15-11)13(19)17(8(3)4)6-9(18)20-5/h7-8H,6,14H2,1-5H3,(H,15,16). The molecule has 0 saturated carbocycles. The van der Waals surface area contributed by atoms with Gasteiger partial charge in [-0.25, -0.2) is 0 Å². The van der Waals surface area contributed by atoms with Crippen LogP contribution in [0, 0.1) is 0 Å². The first kappa shape index (κ1) is 16.0. The minimum Gasteiger partial charge on any atom is -0.468 e. The average molecular weight is 282 g/mol. The number of H-pyrrole nitrogens is 1. The summed E-state index contributed by atoms with van der Waals surface area (Å²) in [5.41, 5.74) is 7.15. The molecule has 3 N–H and O–H groups in total. The number of amides is 1. The normalized spacial score (nSPS) is 10.9. The highest BCUT2D eigenvalue weighted by Gasteiger charge is 2.27. The summed E-state index contributed by atoms with van der Waals surface area (Å²) < 4.78 is 4.60. The number of methoxy groups -OCH3 is 1. The van der Waals surface area contributed by atoms with Gasteiger partial charge < -0.3 is 15.4 Å². The van der Waals surface area contributed by atoms with Crippen molar-refractivity contribution in [3.05, 3.63) is 11.4 Å². The summed E-state index contributed by atoms with van der Waals surface area (Å²) >= 11 is 0. The number of carbonyl (C=O) groups is 2. The fourth-order valence-electron chi connectivity index (χ4n) is 1.80. The molecule has 0 aliphatic carbocycles. The minimum atomic E-state index is -0.481. The Morgan fingerprint density at radius 2 is 1.95 bits per heavy atom. The molecule has 0 unspecified atom stereocenters. The summed E-state index contributed by atoms with van der Waals surface area (Å²) in [4.78, 5) is 25.2. The number of hydrogen-bond acceptors (Lipinski definition) is 5. The summed E-state index contributed by atoms with van der Waals surface area (Å²) in [6.45, 7) is 7.40. The largest absolute Gasteiger partial charge is 0.468 e. The maximum absolute atomic E-state index is 12.5. The van der Waals surface area contributed by atoms with E-state index >= 15 is 0 Å². The highest BCUT2D eigenvalue weighted by Crippen LogP contribution is 2.23. The summed E-state index contributed by atoms with van der Waals surface area (Å²) in [7, 11) is 1.28. The maximum Gasteiger partial charge on any atom is 0.325 e. The van der Waals surface area contributed by atoms with Crippen molar-refractivity contribution < 1.29 is 14.3 Å². The van der Waals surface area contributed by atoms with Crippen LogP contribution in [0.5, 0.6) is 0 Å². The van der Waals surface area contributed by atoms with Gasteiger partial charge in [-0.15, -0.1) is 0 Å². The first-order valence-electron chi connectivity index (χ1n) is 6.51. The third kappa shape index (κ3) is 3.28. The molecule has 0 bridgehead atoms. The number of nitrogens with one attached hydrogen (secondary N) is 1. The van der Waals surface area contributed by atoms with Gasteiger partial charge in [-0.05, 0) is 19.8 Å². The lowest BCUT2D eigenvalue weighted by Crippen LogP contribution is -2.41. The SMILES string of the molecule is COC(=O)CN(C(=O)c1n[nH]c(C(C)C)c1N)C(C)C. The molecule has 7 heteroatoms. The molecule has 0 saturated heterocycles.